The fourth-order valence-electron chi connectivity index (χ4n) is 3.13. The summed E-state index contributed by atoms with van der Waals surface area (Å²) in [4.78, 5) is 12.0. The van der Waals surface area contributed by atoms with E-state index in [0.717, 1.165) is 17.7 Å². The summed E-state index contributed by atoms with van der Waals surface area (Å²) in [6, 6.07) is 8.02. The first-order valence-electron chi connectivity index (χ1n) is 6.85. The van der Waals surface area contributed by atoms with Crippen molar-refractivity contribution in [1.29, 1.82) is 0 Å². The molecule has 0 radical (unpaired) electrons. The number of amides is 1. The predicted molar refractivity (Wildman–Crippen MR) is 74.0 cm³/mol. The van der Waals surface area contributed by atoms with Gasteiger partial charge in [-0.1, -0.05) is 24.3 Å². The second-order valence-electron chi connectivity index (χ2n) is 5.48. The van der Waals surface area contributed by atoms with Crippen LogP contribution in [0, 0.1) is 11.8 Å². The number of carbonyl (C=O) groups excluding carboxylic acids is 1. The number of fused-ring (bicyclic) bond motifs is 2. The first-order valence-corrected chi connectivity index (χ1v) is 6.85. The molecule has 100 valence electrons. The summed E-state index contributed by atoms with van der Waals surface area (Å²) in [5.74, 6) is 2.19. The number of allylic oxidation sites excluding steroid dienone is 1. The van der Waals surface area contributed by atoms with Gasteiger partial charge in [-0.2, -0.15) is 0 Å². The molecule has 3 atom stereocenters. The van der Waals surface area contributed by atoms with Crippen molar-refractivity contribution in [2.24, 2.45) is 11.8 Å². The molecular weight excluding hydrogens is 238 g/mol. The van der Waals surface area contributed by atoms with Gasteiger partial charge in [-0.25, -0.2) is 0 Å². The van der Waals surface area contributed by atoms with Crippen molar-refractivity contribution in [3.63, 3.8) is 0 Å². The first kappa shape index (κ1) is 12.3. The van der Waals surface area contributed by atoms with E-state index >= 15 is 0 Å². The van der Waals surface area contributed by atoms with Gasteiger partial charge in [-0.15, -0.1) is 0 Å². The standard InChI is InChI=1S/C16H19NO2/c1-19-14-6-3-11(4-7-14)10-16(18)17-15-9-12-2-5-13(15)8-12/h2-7,12-13,15H,8-10H2,1H3,(H,17,18). The minimum atomic E-state index is 0.121. The van der Waals surface area contributed by atoms with Crippen LogP contribution < -0.4 is 10.1 Å². The Balaban J connectivity index is 1.54. The minimum absolute atomic E-state index is 0.121. The van der Waals surface area contributed by atoms with E-state index in [1.165, 1.54) is 6.42 Å². The first-order chi connectivity index (χ1) is 9.24. The highest BCUT2D eigenvalue weighted by Crippen LogP contribution is 2.38. The van der Waals surface area contributed by atoms with Crippen molar-refractivity contribution in [3.8, 4) is 5.75 Å². The SMILES string of the molecule is COc1ccc(CC(=O)NC2CC3C=CC2C3)cc1. The molecule has 19 heavy (non-hydrogen) atoms. The maximum Gasteiger partial charge on any atom is 0.224 e. The zero-order valence-corrected chi connectivity index (χ0v) is 11.1. The Bertz CT molecular complexity index is 492. The molecule has 1 aromatic carbocycles. The summed E-state index contributed by atoms with van der Waals surface area (Å²) in [5.41, 5.74) is 1.02. The van der Waals surface area contributed by atoms with Gasteiger partial charge in [-0.3, -0.25) is 4.79 Å². The minimum Gasteiger partial charge on any atom is -0.497 e. The van der Waals surface area contributed by atoms with Gasteiger partial charge >= 0.3 is 0 Å². The third kappa shape index (κ3) is 2.65. The van der Waals surface area contributed by atoms with Crippen LogP contribution in [0.1, 0.15) is 18.4 Å². The van der Waals surface area contributed by atoms with Crippen molar-refractivity contribution in [3.05, 3.63) is 42.0 Å². The van der Waals surface area contributed by atoms with Crippen LogP contribution in [0.5, 0.6) is 5.75 Å². The highest BCUT2D eigenvalue weighted by molar-refractivity contribution is 5.79. The van der Waals surface area contributed by atoms with E-state index in [9.17, 15) is 4.79 Å². The molecule has 1 N–H and O–H groups in total. The van der Waals surface area contributed by atoms with Gasteiger partial charge in [0.2, 0.25) is 5.91 Å². The average Bonchev–Trinajstić information content (AvgIpc) is 3.02. The molecule has 3 heteroatoms. The summed E-state index contributed by atoms with van der Waals surface area (Å²) < 4.78 is 5.11. The molecule has 1 amide bonds. The highest BCUT2D eigenvalue weighted by atomic mass is 16.5. The van der Waals surface area contributed by atoms with Crippen molar-refractivity contribution >= 4 is 5.91 Å². The second kappa shape index (κ2) is 5.08. The molecular formula is C16H19NO2. The van der Waals surface area contributed by atoms with Crippen molar-refractivity contribution in [2.75, 3.05) is 7.11 Å². The number of hydrogen-bond acceptors (Lipinski definition) is 2. The third-order valence-corrected chi connectivity index (χ3v) is 4.15. The van der Waals surface area contributed by atoms with Crippen LogP contribution in [0.3, 0.4) is 0 Å². The van der Waals surface area contributed by atoms with Crippen LogP contribution in [0.15, 0.2) is 36.4 Å². The molecule has 3 unspecified atom stereocenters. The third-order valence-electron chi connectivity index (χ3n) is 4.15. The number of rotatable bonds is 4. The van der Waals surface area contributed by atoms with Crippen LogP contribution in [0.4, 0.5) is 0 Å². The van der Waals surface area contributed by atoms with E-state index < -0.39 is 0 Å². The second-order valence-corrected chi connectivity index (χ2v) is 5.48. The highest BCUT2D eigenvalue weighted by Gasteiger charge is 2.36. The van der Waals surface area contributed by atoms with E-state index in [1.54, 1.807) is 7.11 Å². The average molecular weight is 257 g/mol. The van der Waals surface area contributed by atoms with Crippen LogP contribution in [-0.4, -0.2) is 19.1 Å². The maximum absolute atomic E-state index is 12.0. The molecule has 3 nitrogen and oxygen atoms in total. The number of ether oxygens (including phenoxy) is 1. The lowest BCUT2D eigenvalue weighted by molar-refractivity contribution is -0.121. The van der Waals surface area contributed by atoms with Gasteiger partial charge in [0.1, 0.15) is 5.75 Å². The Morgan fingerprint density at radius 3 is 2.63 bits per heavy atom. The van der Waals surface area contributed by atoms with Gasteiger partial charge in [0, 0.05) is 6.04 Å². The largest absolute Gasteiger partial charge is 0.497 e. The predicted octanol–water partition coefficient (Wildman–Crippen LogP) is 2.32. The Labute approximate surface area is 113 Å². The van der Waals surface area contributed by atoms with E-state index in [2.05, 4.69) is 17.5 Å². The lowest BCUT2D eigenvalue weighted by Gasteiger charge is -2.19. The lowest BCUT2D eigenvalue weighted by atomic mass is 10.0. The van der Waals surface area contributed by atoms with Crippen LogP contribution in [0.25, 0.3) is 0 Å². The van der Waals surface area contributed by atoms with E-state index in [4.69, 9.17) is 4.74 Å². The number of benzene rings is 1. The zero-order valence-electron chi connectivity index (χ0n) is 11.1. The molecule has 0 spiro atoms. The summed E-state index contributed by atoms with van der Waals surface area (Å²) in [6.45, 7) is 0. The quantitative estimate of drug-likeness (QED) is 0.841. The van der Waals surface area contributed by atoms with Gasteiger partial charge in [0.15, 0.2) is 0 Å². The fraction of sp³-hybridized carbons (Fsp3) is 0.438. The number of methoxy groups -OCH3 is 1. The smallest absolute Gasteiger partial charge is 0.224 e. The molecule has 0 aliphatic heterocycles. The summed E-state index contributed by atoms with van der Waals surface area (Å²) in [7, 11) is 1.64. The van der Waals surface area contributed by atoms with E-state index in [-0.39, 0.29) is 5.91 Å². The molecule has 1 fully saturated rings. The van der Waals surface area contributed by atoms with E-state index in [0.29, 0.717) is 24.3 Å². The maximum atomic E-state index is 12.0. The summed E-state index contributed by atoms with van der Waals surface area (Å²) in [6.07, 6.45) is 7.31. The topological polar surface area (TPSA) is 38.3 Å². The Kier molecular flexibility index (Phi) is 3.28. The molecule has 1 aromatic rings. The van der Waals surface area contributed by atoms with Gasteiger partial charge in [0.25, 0.3) is 0 Å². The Morgan fingerprint density at radius 1 is 1.26 bits per heavy atom. The molecule has 1 saturated carbocycles. The van der Waals surface area contributed by atoms with E-state index in [1.807, 2.05) is 24.3 Å². The molecule has 2 aliphatic carbocycles. The van der Waals surface area contributed by atoms with Gasteiger partial charge < -0.3 is 10.1 Å². The molecule has 3 rings (SSSR count). The monoisotopic (exact) mass is 257 g/mol. The lowest BCUT2D eigenvalue weighted by Crippen LogP contribution is -2.38. The Morgan fingerprint density at radius 2 is 2.05 bits per heavy atom. The Hall–Kier alpha value is -1.77. The normalized spacial score (nSPS) is 27.5. The molecule has 2 bridgehead atoms. The zero-order chi connectivity index (χ0) is 13.2. The van der Waals surface area contributed by atoms with Crippen molar-refractivity contribution in [2.45, 2.75) is 25.3 Å². The summed E-state index contributed by atoms with van der Waals surface area (Å²) in [5, 5.41) is 3.17. The summed E-state index contributed by atoms with van der Waals surface area (Å²) >= 11 is 0. The number of nitrogens with one attached hydrogen (secondary N) is 1. The molecule has 2 aliphatic rings. The van der Waals surface area contributed by atoms with Crippen molar-refractivity contribution in [1.82, 2.24) is 5.32 Å². The van der Waals surface area contributed by atoms with Crippen molar-refractivity contribution < 1.29 is 9.53 Å². The fourth-order valence-corrected chi connectivity index (χ4v) is 3.13. The molecule has 0 heterocycles. The van der Waals surface area contributed by atoms with Gasteiger partial charge in [0.05, 0.1) is 13.5 Å². The number of hydrogen-bond donors (Lipinski definition) is 1. The van der Waals surface area contributed by atoms with Gasteiger partial charge in [-0.05, 0) is 42.4 Å². The van der Waals surface area contributed by atoms with Crippen LogP contribution >= 0.6 is 0 Å². The van der Waals surface area contributed by atoms with Crippen LogP contribution in [-0.2, 0) is 11.2 Å². The number of carbonyl (C=O) groups is 1. The van der Waals surface area contributed by atoms with Crippen LogP contribution in [0.2, 0.25) is 0 Å². The molecule has 0 saturated heterocycles. The molecule has 0 aromatic heterocycles.